The molecule has 2 amide bonds. The van der Waals surface area contributed by atoms with Gasteiger partial charge in [-0.1, -0.05) is 36.7 Å². The topological polar surface area (TPSA) is 49.4 Å². The Balaban J connectivity index is 1.81. The molecule has 0 aliphatic carbocycles. The number of piperidine rings is 1. The van der Waals surface area contributed by atoms with Gasteiger partial charge in [-0.25, -0.2) is 0 Å². The molecular weight excluding hydrogens is 356 g/mol. The van der Waals surface area contributed by atoms with E-state index >= 15 is 0 Å². The van der Waals surface area contributed by atoms with Gasteiger partial charge in [0.1, 0.15) is 0 Å². The molecule has 4 nitrogen and oxygen atoms in total. The normalized spacial score (nSPS) is 16.3. The average molecular weight is 381 g/mol. The molecular formula is C18H25BrN2O2. The van der Waals surface area contributed by atoms with Crippen LogP contribution >= 0.6 is 15.9 Å². The van der Waals surface area contributed by atoms with Crippen LogP contribution in [-0.4, -0.2) is 35.8 Å². The smallest absolute Gasteiger partial charge is 0.251 e. The zero-order valence-corrected chi connectivity index (χ0v) is 15.6. The highest BCUT2D eigenvalue weighted by Crippen LogP contribution is 2.21. The number of carbonyl (C=O) groups is 2. The Labute approximate surface area is 146 Å². The van der Waals surface area contributed by atoms with Crippen molar-refractivity contribution in [3.8, 4) is 0 Å². The molecule has 2 rings (SSSR count). The van der Waals surface area contributed by atoms with Crippen molar-refractivity contribution in [2.45, 2.75) is 46.1 Å². The monoisotopic (exact) mass is 380 g/mol. The van der Waals surface area contributed by atoms with E-state index in [1.165, 1.54) is 0 Å². The van der Waals surface area contributed by atoms with Crippen LogP contribution in [0.1, 0.15) is 50.4 Å². The predicted octanol–water partition coefficient (Wildman–Crippen LogP) is 3.61. The van der Waals surface area contributed by atoms with E-state index in [0.29, 0.717) is 12.0 Å². The van der Waals surface area contributed by atoms with Gasteiger partial charge in [0.2, 0.25) is 5.91 Å². The van der Waals surface area contributed by atoms with Crippen LogP contribution in [0.15, 0.2) is 28.7 Å². The number of likely N-dealkylation sites (tertiary alicyclic amines) is 1. The zero-order chi connectivity index (χ0) is 17.0. The highest BCUT2D eigenvalue weighted by atomic mass is 79.9. The number of nitrogens with zero attached hydrogens (tertiary/aromatic N) is 1. The van der Waals surface area contributed by atoms with E-state index in [1.54, 1.807) is 12.1 Å². The summed E-state index contributed by atoms with van der Waals surface area (Å²) < 4.78 is 0.958. The summed E-state index contributed by atoms with van der Waals surface area (Å²) in [6.45, 7) is 7.68. The summed E-state index contributed by atoms with van der Waals surface area (Å²) in [7, 11) is 0. The van der Waals surface area contributed by atoms with E-state index < -0.39 is 0 Å². The van der Waals surface area contributed by atoms with Gasteiger partial charge in [-0.2, -0.15) is 0 Å². The minimum atomic E-state index is -0.0445. The molecule has 1 aromatic rings. The fraction of sp³-hybridized carbons (Fsp3) is 0.556. The van der Waals surface area contributed by atoms with Gasteiger partial charge >= 0.3 is 0 Å². The molecule has 0 saturated carbocycles. The maximum absolute atomic E-state index is 12.2. The van der Waals surface area contributed by atoms with Crippen LogP contribution in [0.4, 0.5) is 0 Å². The summed E-state index contributed by atoms with van der Waals surface area (Å²) in [5.74, 6) is 0.173. The number of halogens is 1. The number of hydrogen-bond acceptors (Lipinski definition) is 2. The second-order valence-electron chi connectivity index (χ2n) is 7.37. The van der Waals surface area contributed by atoms with Gasteiger partial charge in [0.05, 0.1) is 0 Å². The Morgan fingerprint density at radius 2 is 1.74 bits per heavy atom. The molecule has 5 heteroatoms. The summed E-state index contributed by atoms with van der Waals surface area (Å²) in [4.78, 5) is 26.4. The van der Waals surface area contributed by atoms with Crippen molar-refractivity contribution in [3.05, 3.63) is 34.3 Å². The third-order valence-electron chi connectivity index (χ3n) is 3.97. The second-order valence-corrected chi connectivity index (χ2v) is 8.29. The molecule has 1 aliphatic rings. The van der Waals surface area contributed by atoms with Gasteiger partial charge in [-0.05, 0) is 42.5 Å². The molecule has 0 atom stereocenters. The summed E-state index contributed by atoms with van der Waals surface area (Å²) in [5, 5.41) is 3.07. The van der Waals surface area contributed by atoms with Gasteiger partial charge in [0, 0.05) is 35.6 Å². The van der Waals surface area contributed by atoms with Crippen molar-refractivity contribution in [3.63, 3.8) is 0 Å². The van der Waals surface area contributed by atoms with Crippen molar-refractivity contribution >= 4 is 27.7 Å². The van der Waals surface area contributed by atoms with Gasteiger partial charge < -0.3 is 10.2 Å². The summed E-state index contributed by atoms with van der Waals surface area (Å²) in [6, 6.07) is 7.48. The molecule has 1 aromatic carbocycles. The first-order chi connectivity index (χ1) is 10.7. The molecule has 23 heavy (non-hydrogen) atoms. The maximum Gasteiger partial charge on any atom is 0.251 e. The number of nitrogens with one attached hydrogen (secondary N) is 1. The third-order valence-corrected chi connectivity index (χ3v) is 4.50. The van der Waals surface area contributed by atoms with E-state index in [2.05, 4.69) is 42.0 Å². The Morgan fingerprint density at radius 1 is 1.17 bits per heavy atom. The van der Waals surface area contributed by atoms with Crippen LogP contribution in [0.5, 0.6) is 0 Å². The van der Waals surface area contributed by atoms with Gasteiger partial charge in [-0.15, -0.1) is 0 Å². The highest BCUT2D eigenvalue weighted by Gasteiger charge is 2.26. The lowest BCUT2D eigenvalue weighted by molar-refractivity contribution is -0.134. The van der Waals surface area contributed by atoms with E-state index in [4.69, 9.17) is 0 Å². The molecule has 126 valence electrons. The largest absolute Gasteiger partial charge is 0.349 e. The first-order valence-electron chi connectivity index (χ1n) is 8.09. The van der Waals surface area contributed by atoms with E-state index in [1.807, 2.05) is 17.0 Å². The van der Waals surface area contributed by atoms with Crippen LogP contribution in [0.2, 0.25) is 0 Å². The summed E-state index contributed by atoms with van der Waals surface area (Å²) in [6.07, 6.45) is 2.21. The zero-order valence-electron chi connectivity index (χ0n) is 14.1. The van der Waals surface area contributed by atoms with E-state index in [-0.39, 0.29) is 23.3 Å². The first kappa shape index (κ1) is 18.0. The van der Waals surface area contributed by atoms with Crippen LogP contribution in [0, 0.1) is 5.41 Å². The minimum absolute atomic E-state index is 0.0176. The number of hydrogen-bond donors (Lipinski definition) is 1. The lowest BCUT2D eigenvalue weighted by atomic mass is 9.91. The molecule has 0 radical (unpaired) electrons. The predicted molar refractivity (Wildman–Crippen MR) is 95.3 cm³/mol. The van der Waals surface area contributed by atoms with Crippen molar-refractivity contribution in [2.24, 2.45) is 5.41 Å². The molecule has 1 fully saturated rings. The quantitative estimate of drug-likeness (QED) is 0.870. The minimum Gasteiger partial charge on any atom is -0.349 e. The number of rotatable bonds is 3. The summed E-state index contributed by atoms with van der Waals surface area (Å²) >= 11 is 3.36. The van der Waals surface area contributed by atoms with Gasteiger partial charge in [0.25, 0.3) is 5.91 Å². The van der Waals surface area contributed by atoms with Crippen LogP contribution in [-0.2, 0) is 4.79 Å². The fourth-order valence-corrected chi connectivity index (χ4v) is 2.97. The summed E-state index contributed by atoms with van der Waals surface area (Å²) in [5.41, 5.74) is 0.684. The molecule has 0 unspecified atom stereocenters. The SMILES string of the molecule is CC(C)(C)CC(=O)N1CCC(NC(=O)c2ccc(Br)cc2)CC1. The molecule has 1 aliphatic heterocycles. The fourth-order valence-electron chi connectivity index (χ4n) is 2.71. The Morgan fingerprint density at radius 3 is 2.26 bits per heavy atom. The van der Waals surface area contributed by atoms with Crippen molar-refractivity contribution in [1.82, 2.24) is 10.2 Å². The van der Waals surface area contributed by atoms with Gasteiger partial charge in [-0.3, -0.25) is 9.59 Å². The lowest BCUT2D eigenvalue weighted by Gasteiger charge is -2.34. The molecule has 1 heterocycles. The molecule has 1 N–H and O–H groups in total. The number of carbonyl (C=O) groups excluding carboxylic acids is 2. The third kappa shape index (κ3) is 5.65. The lowest BCUT2D eigenvalue weighted by Crippen LogP contribution is -2.47. The van der Waals surface area contributed by atoms with Crippen molar-refractivity contribution in [2.75, 3.05) is 13.1 Å². The van der Waals surface area contributed by atoms with E-state index in [9.17, 15) is 9.59 Å². The molecule has 1 saturated heterocycles. The van der Waals surface area contributed by atoms with Crippen molar-refractivity contribution in [1.29, 1.82) is 0 Å². The van der Waals surface area contributed by atoms with Crippen molar-refractivity contribution < 1.29 is 9.59 Å². The van der Waals surface area contributed by atoms with Crippen LogP contribution in [0.3, 0.4) is 0 Å². The standard InChI is InChI=1S/C18H25BrN2O2/c1-18(2,3)12-16(22)21-10-8-15(9-11-21)20-17(23)13-4-6-14(19)7-5-13/h4-7,15H,8-12H2,1-3H3,(H,20,23). The number of amides is 2. The Hall–Kier alpha value is -1.36. The van der Waals surface area contributed by atoms with Gasteiger partial charge in [0.15, 0.2) is 0 Å². The first-order valence-corrected chi connectivity index (χ1v) is 8.88. The maximum atomic E-state index is 12.2. The highest BCUT2D eigenvalue weighted by molar-refractivity contribution is 9.10. The van der Waals surface area contributed by atoms with Crippen LogP contribution in [0.25, 0.3) is 0 Å². The Bertz CT molecular complexity index is 555. The molecule has 0 bridgehead atoms. The van der Waals surface area contributed by atoms with E-state index in [0.717, 1.165) is 30.4 Å². The second kappa shape index (κ2) is 7.47. The number of benzene rings is 1. The Kier molecular flexibility index (Phi) is 5.84. The molecule has 0 spiro atoms. The average Bonchev–Trinajstić information content (AvgIpc) is 2.46. The molecule has 0 aromatic heterocycles. The van der Waals surface area contributed by atoms with Crippen LogP contribution < -0.4 is 5.32 Å².